The molecule has 0 N–H and O–H groups in total. The lowest BCUT2D eigenvalue weighted by atomic mass is 10.1. The number of hydrogen-bond donors (Lipinski definition) is 0. The van der Waals surface area contributed by atoms with Crippen LogP contribution in [0.4, 0.5) is 5.69 Å². The molecule has 0 aliphatic rings. The first-order valence-electron chi connectivity index (χ1n) is 13.5. The number of para-hydroxylation sites is 1. The van der Waals surface area contributed by atoms with Gasteiger partial charge in [-0.15, -0.1) is 0 Å². The van der Waals surface area contributed by atoms with Crippen LogP contribution in [0.1, 0.15) is 36.7 Å². The fraction of sp³-hybridized carbons (Fsp3) is 0.250. The highest BCUT2D eigenvalue weighted by molar-refractivity contribution is 5.94. The quantitative estimate of drug-likeness (QED) is 0.196. The predicted molar refractivity (Wildman–Crippen MR) is 159 cm³/mol. The van der Waals surface area contributed by atoms with Gasteiger partial charge in [0.2, 0.25) is 5.88 Å². The molecular formula is C32H32N6O3. The maximum Gasteiger partial charge on any atom is 0.222 e. The van der Waals surface area contributed by atoms with E-state index >= 15 is 0 Å². The van der Waals surface area contributed by atoms with E-state index in [1.807, 2.05) is 43.3 Å². The van der Waals surface area contributed by atoms with Gasteiger partial charge in [-0.05, 0) is 62.7 Å². The Morgan fingerprint density at radius 3 is 2.54 bits per heavy atom. The number of benzene rings is 2. The third-order valence-electron chi connectivity index (χ3n) is 7.20. The average Bonchev–Trinajstić information content (AvgIpc) is 3.62. The first-order valence-corrected chi connectivity index (χ1v) is 13.5. The zero-order valence-corrected chi connectivity index (χ0v) is 23.8. The first-order chi connectivity index (χ1) is 20.0. The molecule has 0 saturated carbocycles. The summed E-state index contributed by atoms with van der Waals surface area (Å²) >= 11 is 0. The molecule has 0 amide bonds. The molecule has 0 unspecified atom stereocenters. The number of nitrogens with zero attached hydrogens (tertiary/aromatic N) is 6. The van der Waals surface area contributed by atoms with Crippen molar-refractivity contribution in [2.24, 2.45) is 0 Å². The number of rotatable bonds is 9. The van der Waals surface area contributed by atoms with Gasteiger partial charge in [0, 0.05) is 30.9 Å². The van der Waals surface area contributed by atoms with E-state index < -0.39 is 0 Å². The lowest BCUT2D eigenvalue weighted by Crippen LogP contribution is -2.23. The van der Waals surface area contributed by atoms with Crippen LogP contribution >= 0.6 is 0 Å². The number of ether oxygens (including phenoxy) is 2. The predicted octanol–water partition coefficient (Wildman–Crippen LogP) is 6.75. The van der Waals surface area contributed by atoms with E-state index in [2.05, 4.69) is 57.7 Å². The molecule has 4 heterocycles. The molecule has 2 aromatic carbocycles. The summed E-state index contributed by atoms with van der Waals surface area (Å²) in [4.78, 5) is 16.3. The second kappa shape index (κ2) is 10.9. The van der Waals surface area contributed by atoms with Gasteiger partial charge in [0.1, 0.15) is 22.3 Å². The van der Waals surface area contributed by atoms with E-state index in [4.69, 9.17) is 24.0 Å². The smallest absolute Gasteiger partial charge is 0.222 e. The van der Waals surface area contributed by atoms with E-state index in [-0.39, 0.29) is 6.04 Å². The molecule has 41 heavy (non-hydrogen) atoms. The molecule has 0 spiro atoms. The van der Waals surface area contributed by atoms with Crippen LogP contribution in [0.25, 0.3) is 33.4 Å². The molecule has 9 heteroatoms. The second-order valence-corrected chi connectivity index (χ2v) is 10.2. The van der Waals surface area contributed by atoms with Gasteiger partial charge >= 0.3 is 0 Å². The fourth-order valence-electron chi connectivity index (χ4n) is 5.22. The molecule has 4 aromatic heterocycles. The van der Waals surface area contributed by atoms with Crippen LogP contribution < -0.4 is 14.4 Å². The first kappa shape index (κ1) is 26.3. The highest BCUT2D eigenvalue weighted by Gasteiger charge is 2.24. The highest BCUT2D eigenvalue weighted by atomic mass is 16.5. The van der Waals surface area contributed by atoms with Crippen molar-refractivity contribution in [2.45, 2.75) is 39.9 Å². The Balaban J connectivity index is 1.59. The van der Waals surface area contributed by atoms with Gasteiger partial charge in [-0.1, -0.05) is 24.3 Å². The Morgan fingerprint density at radius 2 is 1.78 bits per heavy atom. The van der Waals surface area contributed by atoms with E-state index in [0.717, 1.165) is 61.6 Å². The van der Waals surface area contributed by atoms with Crippen LogP contribution in [0.5, 0.6) is 11.6 Å². The number of oxazole rings is 1. The monoisotopic (exact) mass is 548 g/mol. The molecule has 0 atom stereocenters. The van der Waals surface area contributed by atoms with Gasteiger partial charge in [0.05, 0.1) is 36.9 Å². The zero-order chi connectivity index (χ0) is 28.5. The Bertz CT molecular complexity index is 1820. The molecule has 208 valence electrons. The summed E-state index contributed by atoms with van der Waals surface area (Å²) in [6.45, 7) is 7.47. The molecule has 6 rings (SSSR count). The molecule has 0 bridgehead atoms. The Labute approximate surface area is 238 Å². The number of aryl methyl sites for hydroxylation is 1. The van der Waals surface area contributed by atoms with Crippen molar-refractivity contribution >= 4 is 27.8 Å². The second-order valence-electron chi connectivity index (χ2n) is 10.2. The lowest BCUT2D eigenvalue weighted by molar-refractivity contribution is 0.399. The van der Waals surface area contributed by atoms with Crippen LogP contribution in [-0.2, 0) is 13.1 Å². The van der Waals surface area contributed by atoms with Crippen molar-refractivity contribution in [3.05, 3.63) is 90.1 Å². The summed E-state index contributed by atoms with van der Waals surface area (Å²) in [6.07, 6.45) is 3.22. The molecule has 0 saturated heterocycles. The van der Waals surface area contributed by atoms with Crippen molar-refractivity contribution in [1.82, 2.24) is 24.7 Å². The molecule has 0 aliphatic heterocycles. The third-order valence-corrected chi connectivity index (χ3v) is 7.20. The van der Waals surface area contributed by atoms with Crippen LogP contribution in [0.15, 0.2) is 77.7 Å². The average molecular weight is 549 g/mol. The van der Waals surface area contributed by atoms with Gasteiger partial charge in [0.25, 0.3) is 0 Å². The summed E-state index contributed by atoms with van der Waals surface area (Å²) in [5.74, 6) is 1.34. The van der Waals surface area contributed by atoms with Crippen molar-refractivity contribution in [3.63, 3.8) is 0 Å². The van der Waals surface area contributed by atoms with Crippen LogP contribution in [0.2, 0.25) is 0 Å². The minimum atomic E-state index is 0.131. The fourth-order valence-corrected chi connectivity index (χ4v) is 5.22. The summed E-state index contributed by atoms with van der Waals surface area (Å²) < 4.78 is 18.9. The van der Waals surface area contributed by atoms with E-state index in [0.29, 0.717) is 19.0 Å². The Kier molecular flexibility index (Phi) is 7.01. The normalized spacial score (nSPS) is 11.5. The Hall–Kier alpha value is -4.92. The number of pyridine rings is 2. The van der Waals surface area contributed by atoms with Gasteiger partial charge in [-0.2, -0.15) is 5.10 Å². The van der Waals surface area contributed by atoms with Crippen molar-refractivity contribution in [1.29, 1.82) is 0 Å². The van der Waals surface area contributed by atoms with Crippen molar-refractivity contribution in [2.75, 3.05) is 19.1 Å². The van der Waals surface area contributed by atoms with E-state index in [1.165, 1.54) is 6.39 Å². The van der Waals surface area contributed by atoms with Crippen molar-refractivity contribution < 1.29 is 13.9 Å². The summed E-state index contributed by atoms with van der Waals surface area (Å²) in [5.41, 5.74) is 9.03. The van der Waals surface area contributed by atoms with Crippen LogP contribution in [0.3, 0.4) is 0 Å². The zero-order valence-electron chi connectivity index (χ0n) is 23.8. The van der Waals surface area contributed by atoms with E-state index in [1.54, 1.807) is 20.4 Å². The summed E-state index contributed by atoms with van der Waals surface area (Å²) in [7, 11) is 3.30. The lowest BCUT2D eigenvalue weighted by Gasteiger charge is -2.27. The van der Waals surface area contributed by atoms with E-state index in [9.17, 15) is 0 Å². The topological polar surface area (TPSA) is 91.3 Å². The molecule has 0 radical (unpaired) electrons. The standard InChI is InChI=1S/C32H32N6O3/c1-20(2)38-30-28(16-27(35-29(30)21(3)36-38)25-9-7-15-33-32(25)40-5)37(17-22-11-13-24(39-4)14-12-22)18-23-8-6-10-26-31(23)41-19-34-26/h6-16,19-20H,17-18H2,1-5H3. The number of methoxy groups -OCH3 is 2. The molecule has 9 nitrogen and oxygen atoms in total. The number of aromatic nitrogens is 5. The van der Waals surface area contributed by atoms with Crippen LogP contribution in [0, 0.1) is 6.92 Å². The number of anilines is 1. The maximum absolute atomic E-state index is 5.83. The third kappa shape index (κ3) is 4.95. The maximum atomic E-state index is 5.83. The van der Waals surface area contributed by atoms with Crippen LogP contribution in [-0.4, -0.2) is 39.0 Å². The SMILES string of the molecule is COc1ccc(CN(Cc2cccc3ncoc23)c2cc(-c3cccnc3OC)nc3c(C)nn(C(C)C)c23)cc1. The molecule has 0 fully saturated rings. The molecular weight excluding hydrogens is 516 g/mol. The van der Waals surface area contributed by atoms with Crippen molar-refractivity contribution in [3.8, 4) is 22.9 Å². The number of hydrogen-bond acceptors (Lipinski definition) is 8. The minimum Gasteiger partial charge on any atom is -0.497 e. The molecule has 6 aromatic rings. The number of fused-ring (bicyclic) bond motifs is 2. The highest BCUT2D eigenvalue weighted by Crippen LogP contribution is 2.38. The summed E-state index contributed by atoms with van der Waals surface area (Å²) in [5, 5.41) is 4.92. The Morgan fingerprint density at radius 1 is 0.951 bits per heavy atom. The van der Waals surface area contributed by atoms with Gasteiger partial charge in [0.15, 0.2) is 12.0 Å². The minimum absolute atomic E-state index is 0.131. The van der Waals surface area contributed by atoms with Gasteiger partial charge < -0.3 is 18.8 Å². The van der Waals surface area contributed by atoms with Gasteiger partial charge in [-0.3, -0.25) is 4.68 Å². The van der Waals surface area contributed by atoms with Gasteiger partial charge in [-0.25, -0.2) is 15.0 Å². The largest absolute Gasteiger partial charge is 0.497 e. The summed E-state index contributed by atoms with van der Waals surface area (Å²) in [6, 6.07) is 20.4. The molecule has 0 aliphatic carbocycles.